The molecule has 0 unspecified atom stereocenters. The first-order valence-corrected chi connectivity index (χ1v) is 8.36. The molecular formula is C17H17F5N2O3. The number of carbonyl (C=O) groups is 2. The van der Waals surface area contributed by atoms with E-state index in [1.165, 1.54) is 4.90 Å². The summed E-state index contributed by atoms with van der Waals surface area (Å²) in [6.45, 7) is -0.618. The third kappa shape index (κ3) is 4.48. The number of piperidine rings is 1. The van der Waals surface area contributed by atoms with Crippen LogP contribution >= 0.6 is 0 Å². The Kier molecular flexibility index (Phi) is 5.00. The highest BCUT2D eigenvalue weighted by Gasteiger charge is 2.46. The van der Waals surface area contributed by atoms with E-state index in [4.69, 9.17) is 4.74 Å². The van der Waals surface area contributed by atoms with Gasteiger partial charge in [0.15, 0.2) is 0 Å². The number of nitrogens with zero attached hydrogens (tertiary/aromatic N) is 2. The fourth-order valence-electron chi connectivity index (χ4n) is 3.35. The second kappa shape index (κ2) is 6.97. The van der Waals surface area contributed by atoms with Crippen LogP contribution in [0.4, 0.5) is 26.7 Å². The molecule has 2 aliphatic rings. The van der Waals surface area contributed by atoms with Gasteiger partial charge >= 0.3 is 12.3 Å². The lowest BCUT2D eigenvalue weighted by molar-refractivity contribution is -0.138. The summed E-state index contributed by atoms with van der Waals surface area (Å²) in [6, 6.07) is 2.55. The van der Waals surface area contributed by atoms with Gasteiger partial charge in [0.05, 0.1) is 18.2 Å². The largest absolute Gasteiger partial charge is 0.416 e. The number of likely N-dealkylation sites (tertiary alicyclic amines) is 2. The average Bonchev–Trinajstić information content (AvgIpc) is 2.99. The summed E-state index contributed by atoms with van der Waals surface area (Å²) in [5.74, 6) is -3.60. The van der Waals surface area contributed by atoms with Gasteiger partial charge in [-0.25, -0.2) is 13.6 Å². The Morgan fingerprint density at radius 1 is 1.19 bits per heavy atom. The fourth-order valence-corrected chi connectivity index (χ4v) is 3.35. The van der Waals surface area contributed by atoms with Gasteiger partial charge in [0.2, 0.25) is 5.91 Å². The van der Waals surface area contributed by atoms with Crippen LogP contribution < -0.4 is 4.74 Å². The number of rotatable bonds is 2. The van der Waals surface area contributed by atoms with Gasteiger partial charge in [0.1, 0.15) is 5.75 Å². The van der Waals surface area contributed by atoms with E-state index < -0.39 is 42.8 Å². The van der Waals surface area contributed by atoms with Crippen molar-refractivity contribution in [1.29, 1.82) is 0 Å². The topological polar surface area (TPSA) is 49.9 Å². The molecule has 0 N–H and O–H groups in total. The molecule has 0 bridgehead atoms. The Balaban J connectivity index is 1.68. The number of benzene rings is 1. The van der Waals surface area contributed by atoms with Crippen molar-refractivity contribution < 1.29 is 36.3 Å². The second-order valence-corrected chi connectivity index (χ2v) is 6.68. The highest BCUT2D eigenvalue weighted by atomic mass is 19.4. The van der Waals surface area contributed by atoms with E-state index in [-0.39, 0.29) is 24.6 Å². The molecule has 2 aliphatic heterocycles. The van der Waals surface area contributed by atoms with Gasteiger partial charge in [0.25, 0.3) is 5.92 Å². The molecule has 1 atom stereocenters. The Morgan fingerprint density at radius 3 is 2.41 bits per heavy atom. The van der Waals surface area contributed by atoms with Crippen molar-refractivity contribution in [2.45, 2.75) is 37.4 Å². The van der Waals surface area contributed by atoms with Crippen molar-refractivity contribution in [1.82, 2.24) is 9.80 Å². The maximum absolute atomic E-state index is 14.1. The molecule has 0 aliphatic carbocycles. The molecule has 2 saturated heterocycles. The van der Waals surface area contributed by atoms with E-state index in [2.05, 4.69) is 0 Å². The zero-order valence-electron chi connectivity index (χ0n) is 14.1. The summed E-state index contributed by atoms with van der Waals surface area (Å²) in [5, 5.41) is 0. The molecule has 27 heavy (non-hydrogen) atoms. The zero-order chi connectivity index (χ0) is 19.8. The van der Waals surface area contributed by atoms with E-state index in [1.54, 1.807) is 0 Å². The highest BCUT2D eigenvalue weighted by Crippen LogP contribution is 2.33. The number of alkyl halides is 5. The van der Waals surface area contributed by atoms with Gasteiger partial charge in [-0.2, -0.15) is 13.2 Å². The predicted octanol–water partition coefficient (Wildman–Crippen LogP) is 3.54. The first kappa shape index (κ1) is 19.4. The van der Waals surface area contributed by atoms with Gasteiger partial charge in [-0.15, -0.1) is 0 Å². The summed E-state index contributed by atoms with van der Waals surface area (Å²) in [6.07, 6.45) is -5.30. The Hall–Kier alpha value is -2.39. The highest BCUT2D eigenvalue weighted by molar-refractivity contribution is 5.78. The van der Waals surface area contributed by atoms with E-state index in [0.29, 0.717) is 13.0 Å². The molecule has 148 valence electrons. The standard InChI is InChI=1S/C17H17F5N2O3/c18-16(19)8-12(24-7-1-2-14(24)25)9-23(10-16)15(26)27-13-5-3-11(4-6-13)17(20,21)22/h3-6,12H,1-2,7-10H2/t12-/m0/s1. The smallest absolute Gasteiger partial charge is 0.410 e. The first-order chi connectivity index (χ1) is 12.5. The molecular weight excluding hydrogens is 375 g/mol. The maximum Gasteiger partial charge on any atom is 0.416 e. The number of hydrogen-bond donors (Lipinski definition) is 0. The molecule has 1 aromatic rings. The van der Waals surface area contributed by atoms with Crippen LogP contribution in [0.15, 0.2) is 24.3 Å². The molecule has 0 spiro atoms. The lowest BCUT2D eigenvalue weighted by Crippen LogP contribution is -2.57. The Morgan fingerprint density at radius 2 is 1.85 bits per heavy atom. The van der Waals surface area contributed by atoms with Crippen LogP contribution in [0.1, 0.15) is 24.8 Å². The van der Waals surface area contributed by atoms with Crippen LogP contribution in [-0.4, -0.2) is 53.4 Å². The van der Waals surface area contributed by atoms with Crippen LogP contribution in [0.3, 0.4) is 0 Å². The van der Waals surface area contributed by atoms with Crippen LogP contribution in [0.2, 0.25) is 0 Å². The number of carbonyl (C=O) groups excluding carboxylic acids is 2. The second-order valence-electron chi connectivity index (χ2n) is 6.68. The van der Waals surface area contributed by atoms with Gasteiger partial charge < -0.3 is 9.64 Å². The van der Waals surface area contributed by atoms with Gasteiger partial charge in [-0.1, -0.05) is 0 Å². The van der Waals surface area contributed by atoms with Gasteiger partial charge in [-0.3, -0.25) is 9.69 Å². The minimum Gasteiger partial charge on any atom is -0.410 e. The molecule has 5 nitrogen and oxygen atoms in total. The SMILES string of the molecule is O=C(Oc1ccc(C(F)(F)F)cc1)N1C[C@@H](N2CCCC2=O)CC(F)(F)C1. The molecule has 2 amide bonds. The predicted molar refractivity (Wildman–Crippen MR) is 83.3 cm³/mol. The van der Waals surface area contributed by atoms with Gasteiger partial charge in [-0.05, 0) is 30.7 Å². The first-order valence-electron chi connectivity index (χ1n) is 8.36. The molecule has 3 rings (SSSR count). The fraction of sp³-hybridized carbons (Fsp3) is 0.529. The number of hydrogen-bond acceptors (Lipinski definition) is 3. The molecule has 10 heteroatoms. The van der Waals surface area contributed by atoms with Crippen LogP contribution in [0.25, 0.3) is 0 Å². The Labute approximate surface area is 151 Å². The van der Waals surface area contributed by atoms with Crippen LogP contribution in [0, 0.1) is 0 Å². The lowest BCUT2D eigenvalue weighted by atomic mass is 10.0. The third-order valence-electron chi connectivity index (χ3n) is 4.58. The van der Waals surface area contributed by atoms with Gasteiger partial charge in [0, 0.05) is 25.9 Å². The number of amides is 2. The van der Waals surface area contributed by atoms with Crippen molar-refractivity contribution in [3.63, 3.8) is 0 Å². The van der Waals surface area contributed by atoms with E-state index in [9.17, 15) is 31.5 Å². The minimum absolute atomic E-state index is 0.110. The summed E-state index contributed by atoms with van der Waals surface area (Å²) >= 11 is 0. The zero-order valence-corrected chi connectivity index (χ0v) is 14.1. The minimum atomic E-state index is -4.53. The summed E-state index contributed by atoms with van der Waals surface area (Å²) in [5.41, 5.74) is -0.917. The normalized spacial score (nSPS) is 22.9. The van der Waals surface area contributed by atoms with Crippen molar-refractivity contribution >= 4 is 12.0 Å². The van der Waals surface area contributed by atoms with E-state index in [1.807, 2.05) is 0 Å². The lowest BCUT2D eigenvalue weighted by Gasteiger charge is -2.40. The van der Waals surface area contributed by atoms with Crippen molar-refractivity contribution in [3.05, 3.63) is 29.8 Å². The maximum atomic E-state index is 14.1. The Bertz CT molecular complexity index is 720. The van der Waals surface area contributed by atoms with E-state index >= 15 is 0 Å². The molecule has 2 heterocycles. The number of ether oxygens (including phenoxy) is 1. The van der Waals surface area contributed by atoms with Crippen molar-refractivity contribution in [2.24, 2.45) is 0 Å². The monoisotopic (exact) mass is 392 g/mol. The summed E-state index contributed by atoms with van der Waals surface area (Å²) < 4.78 is 70.7. The molecule has 1 aromatic carbocycles. The van der Waals surface area contributed by atoms with E-state index in [0.717, 1.165) is 29.2 Å². The summed E-state index contributed by atoms with van der Waals surface area (Å²) in [4.78, 5) is 26.2. The van der Waals surface area contributed by atoms with Crippen molar-refractivity contribution in [2.75, 3.05) is 19.6 Å². The van der Waals surface area contributed by atoms with Crippen LogP contribution in [0.5, 0.6) is 5.75 Å². The molecule has 0 aromatic heterocycles. The molecule has 0 saturated carbocycles. The summed E-state index contributed by atoms with van der Waals surface area (Å²) in [7, 11) is 0. The quantitative estimate of drug-likeness (QED) is 0.724. The third-order valence-corrected chi connectivity index (χ3v) is 4.58. The van der Waals surface area contributed by atoms with Crippen LogP contribution in [-0.2, 0) is 11.0 Å². The molecule has 0 radical (unpaired) electrons. The molecule has 2 fully saturated rings. The number of halogens is 5. The average molecular weight is 392 g/mol. The van der Waals surface area contributed by atoms with Crippen molar-refractivity contribution in [3.8, 4) is 5.75 Å².